The molecule has 0 bridgehead atoms. The van der Waals surface area contributed by atoms with Gasteiger partial charge in [0.15, 0.2) is 5.96 Å². The minimum absolute atomic E-state index is 0.531. The first kappa shape index (κ1) is 18.8. The van der Waals surface area contributed by atoms with E-state index in [1.54, 1.807) is 7.11 Å². The molecule has 0 unspecified atom stereocenters. The van der Waals surface area contributed by atoms with Crippen molar-refractivity contribution in [3.05, 3.63) is 65.7 Å². The maximum absolute atomic E-state index is 5.87. The molecule has 0 aliphatic carbocycles. The first-order chi connectivity index (χ1) is 12.3. The highest BCUT2D eigenvalue weighted by Gasteiger charge is 2.04. The van der Waals surface area contributed by atoms with Crippen LogP contribution in [0.4, 0.5) is 0 Å². The van der Waals surface area contributed by atoms with Crippen molar-refractivity contribution in [3.63, 3.8) is 0 Å². The van der Waals surface area contributed by atoms with Gasteiger partial charge in [-0.25, -0.2) is 4.99 Å². The highest BCUT2D eigenvalue weighted by Crippen LogP contribution is 2.15. The van der Waals surface area contributed by atoms with Crippen molar-refractivity contribution in [2.24, 2.45) is 4.99 Å². The summed E-state index contributed by atoms with van der Waals surface area (Å²) in [4.78, 5) is 4.65. The minimum atomic E-state index is 0.531. The fraction of sp³-hybridized carbons (Fsp3) is 0.350. The first-order valence-electron chi connectivity index (χ1n) is 8.59. The van der Waals surface area contributed by atoms with E-state index in [0.717, 1.165) is 35.9 Å². The van der Waals surface area contributed by atoms with Crippen molar-refractivity contribution >= 4 is 5.96 Å². The molecule has 0 fully saturated rings. The Morgan fingerprint density at radius 3 is 2.40 bits per heavy atom. The zero-order chi connectivity index (χ0) is 17.7. The van der Waals surface area contributed by atoms with Crippen LogP contribution in [0.15, 0.2) is 59.6 Å². The van der Waals surface area contributed by atoms with Crippen molar-refractivity contribution in [2.45, 2.75) is 20.1 Å². The van der Waals surface area contributed by atoms with Gasteiger partial charge in [-0.2, -0.15) is 0 Å². The Hall–Kier alpha value is -2.53. The summed E-state index contributed by atoms with van der Waals surface area (Å²) in [7, 11) is 1.69. The van der Waals surface area contributed by atoms with Crippen LogP contribution >= 0.6 is 0 Å². The number of benzene rings is 2. The molecular weight excluding hydrogens is 314 g/mol. The topological polar surface area (TPSA) is 54.9 Å². The summed E-state index contributed by atoms with van der Waals surface area (Å²) in [5.74, 6) is 1.66. The van der Waals surface area contributed by atoms with Gasteiger partial charge in [0.1, 0.15) is 12.4 Å². The number of ether oxygens (including phenoxy) is 2. The van der Waals surface area contributed by atoms with Gasteiger partial charge in [0.05, 0.1) is 13.2 Å². The van der Waals surface area contributed by atoms with E-state index < -0.39 is 0 Å². The molecule has 5 nitrogen and oxygen atoms in total. The van der Waals surface area contributed by atoms with E-state index in [9.17, 15) is 0 Å². The third-order valence-corrected chi connectivity index (χ3v) is 3.61. The number of methoxy groups -OCH3 is 1. The lowest BCUT2D eigenvalue weighted by Gasteiger charge is -2.13. The van der Waals surface area contributed by atoms with E-state index in [4.69, 9.17) is 9.47 Å². The Balaban J connectivity index is 1.99. The monoisotopic (exact) mass is 341 g/mol. The molecule has 25 heavy (non-hydrogen) atoms. The van der Waals surface area contributed by atoms with Crippen molar-refractivity contribution in [1.29, 1.82) is 0 Å². The lowest BCUT2D eigenvalue weighted by Crippen LogP contribution is -2.38. The molecule has 0 aliphatic rings. The maximum atomic E-state index is 5.87. The zero-order valence-corrected chi connectivity index (χ0v) is 15.0. The molecule has 0 aromatic heterocycles. The molecule has 0 saturated carbocycles. The van der Waals surface area contributed by atoms with Gasteiger partial charge in [0.2, 0.25) is 0 Å². The van der Waals surface area contributed by atoms with Gasteiger partial charge in [-0.05, 0) is 30.2 Å². The van der Waals surface area contributed by atoms with Crippen LogP contribution in [-0.2, 0) is 17.9 Å². The number of aliphatic imine (C=N–C) groups is 1. The number of nitrogens with zero attached hydrogens (tertiary/aromatic N) is 1. The van der Waals surface area contributed by atoms with Gasteiger partial charge in [-0.15, -0.1) is 0 Å². The summed E-state index contributed by atoms with van der Waals surface area (Å²) in [6.07, 6.45) is 0. The van der Waals surface area contributed by atoms with Gasteiger partial charge < -0.3 is 20.1 Å². The van der Waals surface area contributed by atoms with Gasteiger partial charge in [0.25, 0.3) is 0 Å². The Kier molecular flexibility index (Phi) is 8.35. The standard InChI is InChI=1S/C20H27N3O2/c1-3-21-20(22-13-14-24-2)23-15-17-9-7-8-10-18(17)16-25-19-11-5-4-6-12-19/h4-12H,3,13-16H2,1-2H3,(H2,21,22,23). The number of hydrogen-bond donors (Lipinski definition) is 2. The summed E-state index contributed by atoms with van der Waals surface area (Å²) in [5, 5.41) is 6.49. The zero-order valence-electron chi connectivity index (χ0n) is 15.0. The van der Waals surface area contributed by atoms with Gasteiger partial charge in [-0.1, -0.05) is 42.5 Å². The van der Waals surface area contributed by atoms with Crippen LogP contribution in [0.5, 0.6) is 5.75 Å². The van der Waals surface area contributed by atoms with E-state index in [2.05, 4.69) is 34.7 Å². The van der Waals surface area contributed by atoms with Crippen LogP contribution in [0.3, 0.4) is 0 Å². The highest BCUT2D eigenvalue weighted by atomic mass is 16.5. The maximum Gasteiger partial charge on any atom is 0.191 e. The van der Waals surface area contributed by atoms with Gasteiger partial charge in [0, 0.05) is 20.2 Å². The van der Waals surface area contributed by atoms with Crippen molar-refractivity contribution in [3.8, 4) is 5.75 Å². The Morgan fingerprint density at radius 2 is 1.68 bits per heavy atom. The van der Waals surface area contributed by atoms with E-state index in [1.165, 1.54) is 0 Å². The van der Waals surface area contributed by atoms with Crippen LogP contribution < -0.4 is 15.4 Å². The second-order valence-electron chi connectivity index (χ2n) is 5.49. The summed E-state index contributed by atoms with van der Waals surface area (Å²) in [6.45, 7) is 5.36. The molecule has 5 heteroatoms. The smallest absolute Gasteiger partial charge is 0.191 e. The second-order valence-corrected chi connectivity index (χ2v) is 5.49. The van der Waals surface area contributed by atoms with Crippen molar-refractivity contribution in [2.75, 3.05) is 26.8 Å². The normalized spacial score (nSPS) is 11.2. The Morgan fingerprint density at radius 1 is 0.960 bits per heavy atom. The van der Waals surface area contributed by atoms with E-state index >= 15 is 0 Å². The summed E-state index contributed by atoms with van der Waals surface area (Å²) < 4.78 is 10.9. The first-order valence-corrected chi connectivity index (χ1v) is 8.59. The van der Waals surface area contributed by atoms with E-state index in [1.807, 2.05) is 42.5 Å². The van der Waals surface area contributed by atoms with Gasteiger partial charge >= 0.3 is 0 Å². The molecule has 2 rings (SSSR count). The van der Waals surface area contributed by atoms with Gasteiger partial charge in [-0.3, -0.25) is 0 Å². The summed E-state index contributed by atoms with van der Waals surface area (Å²) >= 11 is 0. The lowest BCUT2D eigenvalue weighted by atomic mass is 10.1. The molecule has 0 aliphatic heterocycles. The number of guanidine groups is 1. The molecule has 0 radical (unpaired) electrons. The van der Waals surface area contributed by atoms with E-state index in [0.29, 0.717) is 19.8 Å². The molecule has 0 heterocycles. The average molecular weight is 341 g/mol. The van der Waals surface area contributed by atoms with E-state index in [-0.39, 0.29) is 0 Å². The van der Waals surface area contributed by atoms with Crippen molar-refractivity contribution in [1.82, 2.24) is 10.6 Å². The fourth-order valence-corrected chi connectivity index (χ4v) is 2.31. The molecule has 2 aromatic carbocycles. The predicted molar refractivity (Wildman–Crippen MR) is 102 cm³/mol. The van der Waals surface area contributed by atoms with Crippen molar-refractivity contribution < 1.29 is 9.47 Å². The number of nitrogens with one attached hydrogen (secondary N) is 2. The Bertz CT molecular complexity index is 644. The van der Waals surface area contributed by atoms with Crippen LogP contribution in [0.1, 0.15) is 18.1 Å². The van der Waals surface area contributed by atoms with Crippen LogP contribution in [0.25, 0.3) is 0 Å². The molecule has 0 spiro atoms. The van der Waals surface area contributed by atoms with Crippen LogP contribution in [-0.4, -0.2) is 32.8 Å². The summed E-state index contributed by atoms with van der Waals surface area (Å²) in [5.41, 5.74) is 2.30. The summed E-state index contributed by atoms with van der Waals surface area (Å²) in [6, 6.07) is 18.1. The lowest BCUT2D eigenvalue weighted by molar-refractivity contribution is 0.203. The number of rotatable bonds is 9. The van der Waals surface area contributed by atoms with Crippen LogP contribution in [0.2, 0.25) is 0 Å². The molecule has 0 saturated heterocycles. The SMILES string of the molecule is CCNC(=NCc1ccccc1COc1ccccc1)NCCOC. The highest BCUT2D eigenvalue weighted by molar-refractivity contribution is 5.79. The largest absolute Gasteiger partial charge is 0.489 e. The predicted octanol–water partition coefficient (Wildman–Crippen LogP) is 2.97. The average Bonchev–Trinajstić information content (AvgIpc) is 2.66. The quantitative estimate of drug-likeness (QED) is 0.418. The molecule has 0 atom stereocenters. The molecule has 2 N–H and O–H groups in total. The number of para-hydroxylation sites is 1. The second kappa shape index (κ2) is 11.1. The molecule has 134 valence electrons. The molecule has 2 aromatic rings. The third kappa shape index (κ3) is 6.85. The minimum Gasteiger partial charge on any atom is -0.489 e. The number of hydrogen-bond acceptors (Lipinski definition) is 3. The Labute approximate surface area is 150 Å². The fourth-order valence-electron chi connectivity index (χ4n) is 2.31. The molecular formula is C20H27N3O2. The van der Waals surface area contributed by atoms with Crippen LogP contribution in [0, 0.1) is 0 Å². The third-order valence-electron chi connectivity index (χ3n) is 3.61. The molecule has 0 amide bonds.